The van der Waals surface area contributed by atoms with Gasteiger partial charge in [0.15, 0.2) is 0 Å². The summed E-state index contributed by atoms with van der Waals surface area (Å²) in [6.07, 6.45) is 1.28. The second-order valence-corrected chi connectivity index (χ2v) is 6.79. The van der Waals surface area contributed by atoms with Crippen molar-refractivity contribution >= 4 is 33.4 Å². The zero-order valence-corrected chi connectivity index (χ0v) is 9.65. The van der Waals surface area contributed by atoms with Crippen LogP contribution in [0, 0.1) is 0 Å². The molecule has 1 heterocycles. The molecule has 3 unspecified atom stereocenters. The molecule has 0 aliphatic carbocycles. The fourth-order valence-electron chi connectivity index (χ4n) is 1.51. The molecule has 64 valence electrons. The lowest BCUT2D eigenvalue weighted by atomic mass is 10.1. The summed E-state index contributed by atoms with van der Waals surface area (Å²) in [5, 5.41) is 2.40. The molecule has 0 saturated carbocycles. The number of fused-ring (bicyclic) bond motifs is 1. The first-order chi connectivity index (χ1) is 5.81. The average molecular weight is 217 g/mol. The molecule has 1 aliphatic heterocycles. The molecule has 1 aliphatic rings. The molecule has 12 heavy (non-hydrogen) atoms. The van der Waals surface area contributed by atoms with Crippen LogP contribution in [0.3, 0.4) is 0 Å². The lowest BCUT2D eigenvalue weighted by Gasteiger charge is -2.06. The summed E-state index contributed by atoms with van der Waals surface area (Å²) in [7, 11) is 2.11. The minimum absolute atomic E-state index is 0.829. The van der Waals surface area contributed by atoms with Crippen molar-refractivity contribution in [1.82, 2.24) is 0 Å². The van der Waals surface area contributed by atoms with Gasteiger partial charge in [-0.05, 0) is 29.4 Å². The summed E-state index contributed by atoms with van der Waals surface area (Å²) in [4.78, 5) is 0. The number of hydrogen-bond acceptors (Lipinski definition) is 0. The normalized spacial score (nSPS) is 25.0. The van der Waals surface area contributed by atoms with E-state index >= 15 is 0 Å². The van der Waals surface area contributed by atoms with Crippen LogP contribution in [0.15, 0.2) is 18.2 Å². The zero-order chi connectivity index (χ0) is 8.55. The van der Waals surface area contributed by atoms with Crippen molar-refractivity contribution < 1.29 is 0 Å². The summed E-state index contributed by atoms with van der Waals surface area (Å²) in [5.74, 6) is 0. The van der Waals surface area contributed by atoms with Crippen molar-refractivity contribution in [2.75, 3.05) is 0 Å². The topological polar surface area (TPSA) is 0 Å². The van der Waals surface area contributed by atoms with Crippen LogP contribution in [0.2, 0.25) is 5.02 Å². The molecule has 0 aromatic heterocycles. The van der Waals surface area contributed by atoms with Gasteiger partial charge < -0.3 is 0 Å². The van der Waals surface area contributed by atoms with E-state index in [4.69, 9.17) is 11.6 Å². The first-order valence-electron chi connectivity index (χ1n) is 4.12. The van der Waals surface area contributed by atoms with E-state index in [0.29, 0.717) is 0 Å². The quantitative estimate of drug-likeness (QED) is 0.628. The Morgan fingerprint density at radius 3 is 3.08 bits per heavy atom. The lowest BCUT2D eigenvalue weighted by Crippen LogP contribution is -1.98. The van der Waals surface area contributed by atoms with Gasteiger partial charge in [-0.1, -0.05) is 41.1 Å². The Balaban J connectivity index is 2.40. The third-order valence-electron chi connectivity index (χ3n) is 2.18. The smallest absolute Gasteiger partial charge is 0.0412 e. The molecule has 0 spiro atoms. The van der Waals surface area contributed by atoms with Crippen molar-refractivity contribution in [2.45, 2.75) is 19.0 Å². The molecule has 2 rings (SSSR count). The summed E-state index contributed by atoms with van der Waals surface area (Å²) >= 11 is 5.92. The highest BCUT2D eigenvalue weighted by Gasteiger charge is 2.20. The highest BCUT2D eigenvalue weighted by atomic mass is 35.5. The molecule has 0 fully saturated rings. The van der Waals surface area contributed by atoms with Gasteiger partial charge in [0.05, 0.1) is 0 Å². The molecule has 0 nitrogen and oxygen atoms in total. The average Bonchev–Trinajstić information content (AvgIpc) is 2.46. The van der Waals surface area contributed by atoms with Crippen LogP contribution in [0.25, 0.3) is 0 Å². The summed E-state index contributed by atoms with van der Waals surface area (Å²) in [6, 6.07) is 6.36. The minimum Gasteiger partial charge on any atom is -0.0869 e. The van der Waals surface area contributed by atoms with Gasteiger partial charge in [-0.3, -0.25) is 0 Å². The number of halogens is 1. The number of rotatable bonds is 1. The van der Waals surface area contributed by atoms with Crippen LogP contribution in [0.1, 0.15) is 24.6 Å². The van der Waals surface area contributed by atoms with Crippen LogP contribution in [0.5, 0.6) is 0 Å². The maximum atomic E-state index is 5.92. The molecule has 1 aromatic carbocycles. The maximum Gasteiger partial charge on any atom is 0.0412 e. The van der Waals surface area contributed by atoms with E-state index < -0.39 is 0 Å². The monoisotopic (exact) mass is 216 g/mol. The minimum atomic E-state index is 0.829. The van der Waals surface area contributed by atoms with Gasteiger partial charge in [0, 0.05) is 10.7 Å². The first-order valence-corrected chi connectivity index (χ1v) is 7.58. The molecule has 0 bridgehead atoms. The van der Waals surface area contributed by atoms with Crippen molar-refractivity contribution in [1.29, 1.82) is 0 Å². The standard InChI is InChI=1S/C9H11ClP2/c1-2-8-7-4-3-6(10)5-9(7)12-11-8/h3-5,8,11-12H,2H2,1H3. The van der Waals surface area contributed by atoms with Crippen LogP contribution in [-0.4, -0.2) is 0 Å². The van der Waals surface area contributed by atoms with E-state index in [1.807, 2.05) is 6.07 Å². The van der Waals surface area contributed by atoms with E-state index in [9.17, 15) is 0 Å². The predicted molar refractivity (Wildman–Crippen MR) is 60.7 cm³/mol. The van der Waals surface area contributed by atoms with Crippen LogP contribution < -0.4 is 5.30 Å². The van der Waals surface area contributed by atoms with Gasteiger partial charge in [-0.25, -0.2) is 0 Å². The van der Waals surface area contributed by atoms with Gasteiger partial charge >= 0.3 is 0 Å². The molecule has 0 amide bonds. The third-order valence-corrected chi connectivity index (χ3v) is 6.62. The van der Waals surface area contributed by atoms with Crippen molar-refractivity contribution in [3.05, 3.63) is 28.8 Å². The summed E-state index contributed by atoms with van der Waals surface area (Å²) < 4.78 is 0. The SMILES string of the molecule is CCC1PPc2cc(Cl)ccc21. The summed E-state index contributed by atoms with van der Waals surface area (Å²) in [5.41, 5.74) is 2.38. The molecular formula is C9H11ClP2. The van der Waals surface area contributed by atoms with E-state index in [-0.39, 0.29) is 0 Å². The molecule has 1 aromatic rings. The molecule has 0 N–H and O–H groups in total. The van der Waals surface area contributed by atoms with E-state index in [0.717, 1.165) is 27.2 Å². The third kappa shape index (κ3) is 1.53. The zero-order valence-electron chi connectivity index (χ0n) is 6.89. The molecule has 0 radical (unpaired) electrons. The first kappa shape index (κ1) is 8.95. The van der Waals surface area contributed by atoms with Crippen LogP contribution in [-0.2, 0) is 0 Å². The van der Waals surface area contributed by atoms with E-state index in [1.165, 1.54) is 11.7 Å². The largest absolute Gasteiger partial charge is 0.0869 e. The highest BCUT2D eigenvalue weighted by Crippen LogP contribution is 2.57. The van der Waals surface area contributed by atoms with Gasteiger partial charge in [0.25, 0.3) is 0 Å². The molecule has 0 saturated heterocycles. The Bertz CT molecular complexity index is 299. The highest BCUT2D eigenvalue weighted by molar-refractivity contribution is 8.16. The van der Waals surface area contributed by atoms with Crippen molar-refractivity contribution in [3.8, 4) is 0 Å². The van der Waals surface area contributed by atoms with Crippen LogP contribution in [0.4, 0.5) is 0 Å². The van der Waals surface area contributed by atoms with Crippen molar-refractivity contribution in [2.24, 2.45) is 0 Å². The molecule has 3 atom stereocenters. The van der Waals surface area contributed by atoms with Gasteiger partial charge in [0.1, 0.15) is 0 Å². The second kappa shape index (κ2) is 3.62. The Morgan fingerprint density at radius 2 is 2.33 bits per heavy atom. The Hall–Kier alpha value is 0.370. The Kier molecular flexibility index (Phi) is 2.70. The number of hydrogen-bond donors (Lipinski definition) is 0. The molecular weight excluding hydrogens is 206 g/mol. The Labute approximate surface area is 81.5 Å². The summed E-state index contributed by atoms with van der Waals surface area (Å²) in [6.45, 7) is 2.27. The van der Waals surface area contributed by atoms with Gasteiger partial charge in [0.2, 0.25) is 0 Å². The van der Waals surface area contributed by atoms with E-state index in [2.05, 4.69) is 19.1 Å². The van der Waals surface area contributed by atoms with Crippen molar-refractivity contribution in [3.63, 3.8) is 0 Å². The second-order valence-electron chi connectivity index (χ2n) is 2.96. The van der Waals surface area contributed by atoms with Crippen LogP contribution >= 0.6 is 28.1 Å². The lowest BCUT2D eigenvalue weighted by molar-refractivity contribution is 0.904. The predicted octanol–water partition coefficient (Wildman–Crippen LogP) is 3.70. The maximum absolute atomic E-state index is 5.92. The Morgan fingerprint density at radius 1 is 1.50 bits per heavy atom. The number of benzene rings is 1. The van der Waals surface area contributed by atoms with E-state index in [1.54, 1.807) is 5.56 Å². The fraction of sp³-hybridized carbons (Fsp3) is 0.333. The van der Waals surface area contributed by atoms with Gasteiger partial charge in [-0.15, -0.1) is 0 Å². The van der Waals surface area contributed by atoms with Gasteiger partial charge in [-0.2, -0.15) is 0 Å². The molecule has 3 heteroatoms. The fourth-order valence-corrected chi connectivity index (χ4v) is 6.20.